The van der Waals surface area contributed by atoms with Crippen LogP contribution in [-0.4, -0.2) is 62.3 Å². The van der Waals surface area contributed by atoms with Crippen molar-refractivity contribution in [1.82, 2.24) is 9.80 Å². The number of ether oxygens (including phenoxy) is 1. The molecule has 2 aliphatic rings. The summed E-state index contributed by atoms with van der Waals surface area (Å²) >= 11 is 0. The molecule has 4 rings (SSSR count). The lowest BCUT2D eigenvalue weighted by Gasteiger charge is -2.38. The Balaban J connectivity index is 1.50. The molecule has 0 saturated carbocycles. The summed E-state index contributed by atoms with van der Waals surface area (Å²) in [5, 5.41) is 0. The minimum absolute atomic E-state index is 0.657. The summed E-state index contributed by atoms with van der Waals surface area (Å²) in [6.07, 6.45) is 2.52. The minimum atomic E-state index is 0.657. The maximum absolute atomic E-state index is 5.51. The standard InChI is InChI=1S/C25H35N3O/c1-21-18-25(27-14-16-29-17-15-27)9-8-23(21)20-28(19-22-6-4-3-5-7-22)24-10-12-26(2)13-11-24/h3-9,18,24H,10-17,19-20H2,1-2H3. The van der Waals surface area contributed by atoms with Gasteiger partial charge < -0.3 is 14.5 Å². The van der Waals surface area contributed by atoms with Gasteiger partial charge in [0.1, 0.15) is 0 Å². The predicted octanol–water partition coefficient (Wildman–Crippen LogP) is 3.93. The average molecular weight is 394 g/mol. The number of aryl methyl sites for hydroxylation is 1. The maximum Gasteiger partial charge on any atom is 0.0642 e. The SMILES string of the molecule is Cc1cc(N2CCOCC2)ccc1CN(Cc1ccccc1)C1CCN(C)CC1. The van der Waals surface area contributed by atoms with Gasteiger partial charge >= 0.3 is 0 Å². The summed E-state index contributed by atoms with van der Waals surface area (Å²) in [6, 6.07) is 18.6. The number of likely N-dealkylation sites (tertiary alicyclic amines) is 1. The topological polar surface area (TPSA) is 19.0 Å². The van der Waals surface area contributed by atoms with Crippen molar-refractivity contribution in [2.75, 3.05) is 51.3 Å². The molecule has 2 heterocycles. The van der Waals surface area contributed by atoms with Crippen LogP contribution in [-0.2, 0) is 17.8 Å². The van der Waals surface area contributed by atoms with Gasteiger partial charge in [-0.25, -0.2) is 0 Å². The zero-order chi connectivity index (χ0) is 20.1. The van der Waals surface area contributed by atoms with Crippen LogP contribution in [0.4, 0.5) is 5.69 Å². The van der Waals surface area contributed by atoms with E-state index in [1.165, 1.54) is 48.3 Å². The Morgan fingerprint density at radius 1 is 0.931 bits per heavy atom. The predicted molar refractivity (Wildman–Crippen MR) is 120 cm³/mol. The summed E-state index contributed by atoms with van der Waals surface area (Å²) in [4.78, 5) is 7.61. The number of piperidine rings is 1. The van der Waals surface area contributed by atoms with E-state index in [4.69, 9.17) is 4.74 Å². The largest absolute Gasteiger partial charge is 0.378 e. The van der Waals surface area contributed by atoms with Crippen LogP contribution in [0.15, 0.2) is 48.5 Å². The molecule has 0 unspecified atom stereocenters. The molecule has 2 aromatic carbocycles. The first-order chi connectivity index (χ1) is 14.2. The Kier molecular flexibility index (Phi) is 6.86. The van der Waals surface area contributed by atoms with Gasteiger partial charge in [0.25, 0.3) is 0 Å². The van der Waals surface area contributed by atoms with Crippen molar-refractivity contribution in [3.63, 3.8) is 0 Å². The van der Waals surface area contributed by atoms with Gasteiger partial charge in [-0.1, -0.05) is 36.4 Å². The van der Waals surface area contributed by atoms with Crippen LogP contribution in [0.5, 0.6) is 0 Å². The van der Waals surface area contributed by atoms with Crippen LogP contribution in [0.3, 0.4) is 0 Å². The first kappa shape index (κ1) is 20.4. The molecule has 156 valence electrons. The van der Waals surface area contributed by atoms with E-state index >= 15 is 0 Å². The zero-order valence-electron chi connectivity index (χ0n) is 18.0. The molecule has 2 saturated heterocycles. The third-order valence-electron chi connectivity index (χ3n) is 6.51. The first-order valence-corrected chi connectivity index (χ1v) is 11.1. The van der Waals surface area contributed by atoms with Crippen molar-refractivity contribution in [3.05, 3.63) is 65.2 Å². The molecule has 4 heteroatoms. The summed E-state index contributed by atoms with van der Waals surface area (Å²) in [5.74, 6) is 0. The van der Waals surface area contributed by atoms with Crippen LogP contribution in [0.1, 0.15) is 29.5 Å². The second-order valence-corrected chi connectivity index (χ2v) is 8.64. The van der Waals surface area contributed by atoms with E-state index in [9.17, 15) is 0 Å². The van der Waals surface area contributed by atoms with E-state index in [0.717, 1.165) is 39.4 Å². The lowest BCUT2D eigenvalue weighted by atomic mass is 10.00. The van der Waals surface area contributed by atoms with Gasteiger partial charge in [0, 0.05) is 37.9 Å². The Morgan fingerprint density at radius 3 is 2.34 bits per heavy atom. The molecular weight excluding hydrogens is 358 g/mol. The van der Waals surface area contributed by atoms with Crippen molar-refractivity contribution >= 4 is 5.69 Å². The van der Waals surface area contributed by atoms with Gasteiger partial charge in [-0.05, 0) is 68.7 Å². The lowest BCUT2D eigenvalue weighted by Crippen LogP contribution is -2.43. The number of benzene rings is 2. The van der Waals surface area contributed by atoms with Crippen LogP contribution in [0.2, 0.25) is 0 Å². The highest BCUT2D eigenvalue weighted by Crippen LogP contribution is 2.25. The zero-order valence-corrected chi connectivity index (χ0v) is 18.0. The molecule has 0 aliphatic carbocycles. The minimum Gasteiger partial charge on any atom is -0.378 e. The number of nitrogens with zero attached hydrogens (tertiary/aromatic N) is 3. The molecule has 29 heavy (non-hydrogen) atoms. The number of hydrogen-bond acceptors (Lipinski definition) is 4. The number of morpholine rings is 1. The second kappa shape index (κ2) is 9.75. The number of anilines is 1. The second-order valence-electron chi connectivity index (χ2n) is 8.64. The van der Waals surface area contributed by atoms with Crippen molar-refractivity contribution < 1.29 is 4.74 Å². The summed E-state index contributed by atoms with van der Waals surface area (Å²) in [5.41, 5.74) is 5.61. The van der Waals surface area contributed by atoms with Gasteiger partial charge in [-0.2, -0.15) is 0 Å². The highest BCUT2D eigenvalue weighted by molar-refractivity contribution is 5.51. The van der Waals surface area contributed by atoms with E-state index in [2.05, 4.69) is 77.2 Å². The van der Waals surface area contributed by atoms with Gasteiger partial charge in [0.05, 0.1) is 13.2 Å². The smallest absolute Gasteiger partial charge is 0.0642 e. The van der Waals surface area contributed by atoms with Gasteiger partial charge in [-0.15, -0.1) is 0 Å². The molecule has 2 aromatic rings. The Morgan fingerprint density at radius 2 is 1.66 bits per heavy atom. The third-order valence-corrected chi connectivity index (χ3v) is 6.51. The van der Waals surface area contributed by atoms with E-state index in [-0.39, 0.29) is 0 Å². The number of hydrogen-bond donors (Lipinski definition) is 0. The molecule has 0 bridgehead atoms. The fourth-order valence-corrected chi connectivity index (χ4v) is 4.59. The lowest BCUT2D eigenvalue weighted by molar-refractivity contribution is 0.108. The third kappa shape index (κ3) is 5.39. The fourth-order valence-electron chi connectivity index (χ4n) is 4.59. The molecule has 0 atom stereocenters. The molecule has 0 spiro atoms. The molecule has 0 radical (unpaired) electrons. The highest BCUT2D eigenvalue weighted by atomic mass is 16.5. The molecule has 2 fully saturated rings. The summed E-state index contributed by atoms with van der Waals surface area (Å²) < 4.78 is 5.51. The molecule has 2 aliphatic heterocycles. The molecular formula is C25H35N3O. The monoisotopic (exact) mass is 393 g/mol. The highest BCUT2D eigenvalue weighted by Gasteiger charge is 2.24. The first-order valence-electron chi connectivity index (χ1n) is 11.1. The van der Waals surface area contributed by atoms with Gasteiger partial charge in [0.15, 0.2) is 0 Å². The summed E-state index contributed by atoms with van der Waals surface area (Å²) in [7, 11) is 2.24. The molecule has 4 nitrogen and oxygen atoms in total. The molecule has 0 N–H and O–H groups in total. The van der Waals surface area contributed by atoms with Crippen molar-refractivity contribution in [2.45, 2.75) is 38.9 Å². The number of rotatable bonds is 6. The van der Waals surface area contributed by atoms with Crippen molar-refractivity contribution in [1.29, 1.82) is 0 Å². The van der Waals surface area contributed by atoms with E-state index in [0.29, 0.717) is 6.04 Å². The van der Waals surface area contributed by atoms with Crippen LogP contribution in [0, 0.1) is 6.92 Å². The van der Waals surface area contributed by atoms with Crippen molar-refractivity contribution in [3.8, 4) is 0 Å². The quantitative estimate of drug-likeness (QED) is 0.740. The van der Waals surface area contributed by atoms with E-state index in [1.54, 1.807) is 0 Å². The van der Waals surface area contributed by atoms with Crippen LogP contribution >= 0.6 is 0 Å². The molecule has 0 amide bonds. The summed E-state index contributed by atoms with van der Waals surface area (Å²) in [6.45, 7) is 10.4. The van der Waals surface area contributed by atoms with Crippen LogP contribution in [0.25, 0.3) is 0 Å². The fraction of sp³-hybridized carbons (Fsp3) is 0.520. The van der Waals surface area contributed by atoms with Crippen molar-refractivity contribution in [2.24, 2.45) is 0 Å². The Hall–Kier alpha value is -1.88. The van der Waals surface area contributed by atoms with Crippen LogP contribution < -0.4 is 4.90 Å². The Labute approximate surface area is 176 Å². The molecule has 0 aromatic heterocycles. The van der Waals surface area contributed by atoms with E-state index < -0.39 is 0 Å². The van der Waals surface area contributed by atoms with Gasteiger partial charge in [0.2, 0.25) is 0 Å². The Bertz CT molecular complexity index is 765. The average Bonchev–Trinajstić information content (AvgIpc) is 2.76. The maximum atomic E-state index is 5.51. The normalized spacial score (nSPS) is 19.1. The van der Waals surface area contributed by atoms with E-state index in [1.807, 2.05) is 0 Å². The van der Waals surface area contributed by atoms with Gasteiger partial charge in [-0.3, -0.25) is 4.90 Å².